The third-order valence-corrected chi connectivity index (χ3v) is 4.75. The Morgan fingerprint density at radius 1 is 1.38 bits per heavy atom. The second-order valence-electron chi connectivity index (χ2n) is 6.35. The van der Waals surface area contributed by atoms with Gasteiger partial charge in [-0.1, -0.05) is 12.1 Å². The Bertz CT molecular complexity index is 884. The summed E-state index contributed by atoms with van der Waals surface area (Å²) in [5, 5.41) is 3.31. The van der Waals surface area contributed by atoms with E-state index in [4.69, 9.17) is 4.74 Å². The quantitative estimate of drug-likeness (QED) is 0.728. The number of aromatic amines is 1. The van der Waals surface area contributed by atoms with E-state index in [1.54, 1.807) is 6.20 Å². The number of anilines is 1. The number of ether oxygens (including phenoxy) is 1. The van der Waals surface area contributed by atoms with Crippen molar-refractivity contribution in [3.8, 4) is 0 Å². The molecule has 0 radical (unpaired) electrons. The SMILES string of the molecule is CCN1C(=O)CO[C@@H](CNc2nc3ccccc3[nH]2)[C@@H]1c1nccn1C. The van der Waals surface area contributed by atoms with E-state index in [0.29, 0.717) is 19.0 Å². The van der Waals surface area contributed by atoms with Crippen LogP contribution in [0.1, 0.15) is 18.8 Å². The van der Waals surface area contributed by atoms with Crippen molar-refractivity contribution in [2.24, 2.45) is 7.05 Å². The van der Waals surface area contributed by atoms with Crippen LogP contribution in [0.25, 0.3) is 11.0 Å². The van der Waals surface area contributed by atoms with E-state index in [1.807, 2.05) is 53.9 Å². The number of likely N-dealkylation sites (N-methyl/N-ethyl adjacent to an activating group) is 1. The summed E-state index contributed by atoms with van der Waals surface area (Å²) < 4.78 is 7.79. The number of rotatable bonds is 5. The summed E-state index contributed by atoms with van der Waals surface area (Å²) in [6, 6.07) is 7.63. The third-order valence-electron chi connectivity index (χ3n) is 4.75. The maximum atomic E-state index is 12.3. The highest BCUT2D eigenvalue weighted by molar-refractivity contribution is 5.79. The second-order valence-corrected chi connectivity index (χ2v) is 6.35. The highest BCUT2D eigenvalue weighted by Gasteiger charge is 2.39. The van der Waals surface area contributed by atoms with Crippen LogP contribution in [0.2, 0.25) is 0 Å². The van der Waals surface area contributed by atoms with Crippen LogP contribution < -0.4 is 5.32 Å². The van der Waals surface area contributed by atoms with Gasteiger partial charge in [0.05, 0.1) is 11.0 Å². The lowest BCUT2D eigenvalue weighted by molar-refractivity contribution is -0.156. The van der Waals surface area contributed by atoms with Gasteiger partial charge in [-0.2, -0.15) is 0 Å². The summed E-state index contributed by atoms with van der Waals surface area (Å²) in [5.74, 6) is 1.49. The van der Waals surface area contributed by atoms with E-state index in [-0.39, 0.29) is 24.7 Å². The molecule has 136 valence electrons. The fourth-order valence-corrected chi connectivity index (χ4v) is 3.45. The van der Waals surface area contributed by atoms with Gasteiger partial charge in [-0.3, -0.25) is 4.79 Å². The number of morpholine rings is 1. The highest BCUT2D eigenvalue weighted by Crippen LogP contribution is 2.29. The Kier molecular flexibility index (Phi) is 4.34. The first kappa shape index (κ1) is 16.6. The topological polar surface area (TPSA) is 88.1 Å². The summed E-state index contributed by atoms with van der Waals surface area (Å²) in [4.78, 5) is 26.4. The van der Waals surface area contributed by atoms with Crippen molar-refractivity contribution in [3.63, 3.8) is 0 Å². The third kappa shape index (κ3) is 2.92. The maximum Gasteiger partial charge on any atom is 0.249 e. The number of nitrogens with one attached hydrogen (secondary N) is 2. The zero-order chi connectivity index (χ0) is 18.1. The molecule has 2 atom stereocenters. The molecule has 0 spiro atoms. The van der Waals surface area contributed by atoms with Gasteiger partial charge in [-0.05, 0) is 19.1 Å². The molecule has 3 heterocycles. The molecule has 4 rings (SSSR count). The van der Waals surface area contributed by atoms with E-state index in [0.717, 1.165) is 16.9 Å². The number of amides is 1. The van der Waals surface area contributed by atoms with E-state index in [2.05, 4.69) is 20.3 Å². The molecule has 2 aromatic heterocycles. The van der Waals surface area contributed by atoms with Crippen molar-refractivity contribution < 1.29 is 9.53 Å². The van der Waals surface area contributed by atoms with Crippen LogP contribution in [-0.4, -0.2) is 56.1 Å². The Morgan fingerprint density at radius 3 is 2.96 bits per heavy atom. The standard InChI is InChI=1S/C18H22N6O2/c1-3-24-15(25)11-26-14(16(24)17-19-8-9-23(17)2)10-20-18-21-12-6-4-5-7-13(12)22-18/h4-9,14,16H,3,10-11H2,1-2H3,(H2,20,21,22)/t14-,16+/m0/s1. The predicted octanol–water partition coefficient (Wildman–Crippen LogP) is 1.70. The van der Waals surface area contributed by atoms with E-state index in [9.17, 15) is 4.79 Å². The average Bonchev–Trinajstić information content (AvgIpc) is 3.25. The van der Waals surface area contributed by atoms with Gasteiger partial charge < -0.3 is 24.5 Å². The molecule has 0 unspecified atom stereocenters. The Labute approximate surface area is 151 Å². The Hall–Kier alpha value is -2.87. The zero-order valence-corrected chi connectivity index (χ0v) is 14.8. The van der Waals surface area contributed by atoms with Gasteiger partial charge in [0.2, 0.25) is 11.9 Å². The molecule has 8 nitrogen and oxygen atoms in total. The minimum atomic E-state index is -0.238. The number of hydrogen-bond donors (Lipinski definition) is 2. The van der Waals surface area contributed by atoms with Crippen LogP contribution >= 0.6 is 0 Å². The predicted molar refractivity (Wildman–Crippen MR) is 97.7 cm³/mol. The van der Waals surface area contributed by atoms with Crippen LogP contribution in [0.3, 0.4) is 0 Å². The molecule has 1 saturated heterocycles. The maximum absolute atomic E-state index is 12.3. The minimum Gasteiger partial charge on any atom is -0.364 e. The smallest absolute Gasteiger partial charge is 0.249 e. The Balaban J connectivity index is 1.56. The van der Waals surface area contributed by atoms with Gasteiger partial charge in [-0.15, -0.1) is 0 Å². The summed E-state index contributed by atoms with van der Waals surface area (Å²) >= 11 is 0. The lowest BCUT2D eigenvalue weighted by Crippen LogP contribution is -2.51. The molecule has 1 fully saturated rings. The average molecular weight is 354 g/mol. The molecular formula is C18H22N6O2. The molecule has 0 aliphatic carbocycles. The number of imidazole rings is 2. The van der Waals surface area contributed by atoms with Crippen LogP contribution in [-0.2, 0) is 16.6 Å². The fraction of sp³-hybridized carbons (Fsp3) is 0.389. The monoisotopic (exact) mass is 354 g/mol. The summed E-state index contributed by atoms with van der Waals surface area (Å²) in [7, 11) is 1.93. The first-order valence-corrected chi connectivity index (χ1v) is 8.74. The van der Waals surface area contributed by atoms with Crippen molar-refractivity contribution in [1.82, 2.24) is 24.4 Å². The molecule has 1 aromatic carbocycles. The number of aromatic nitrogens is 4. The first-order valence-electron chi connectivity index (χ1n) is 8.74. The van der Waals surface area contributed by atoms with Crippen molar-refractivity contribution in [3.05, 3.63) is 42.5 Å². The van der Waals surface area contributed by atoms with Crippen LogP contribution in [0.15, 0.2) is 36.7 Å². The summed E-state index contributed by atoms with van der Waals surface area (Å²) in [6.45, 7) is 3.19. The fourth-order valence-electron chi connectivity index (χ4n) is 3.45. The molecule has 8 heteroatoms. The van der Waals surface area contributed by atoms with Crippen LogP contribution in [0.4, 0.5) is 5.95 Å². The molecule has 3 aromatic rings. The first-order chi connectivity index (χ1) is 12.7. The minimum absolute atomic E-state index is 0.0134. The van der Waals surface area contributed by atoms with Crippen LogP contribution in [0.5, 0.6) is 0 Å². The number of benzene rings is 1. The number of aryl methyl sites for hydroxylation is 1. The van der Waals surface area contributed by atoms with Gasteiger partial charge in [-0.25, -0.2) is 9.97 Å². The van der Waals surface area contributed by atoms with Crippen molar-refractivity contribution in [2.75, 3.05) is 25.0 Å². The van der Waals surface area contributed by atoms with E-state index in [1.165, 1.54) is 0 Å². The van der Waals surface area contributed by atoms with Gasteiger partial charge in [0.15, 0.2) is 0 Å². The largest absolute Gasteiger partial charge is 0.364 e. The molecule has 1 amide bonds. The molecule has 0 saturated carbocycles. The molecule has 1 aliphatic rings. The normalized spacial score (nSPS) is 20.7. The number of nitrogens with zero attached hydrogens (tertiary/aromatic N) is 4. The number of H-pyrrole nitrogens is 1. The number of carbonyl (C=O) groups excluding carboxylic acids is 1. The van der Waals surface area contributed by atoms with Crippen molar-refractivity contribution >= 4 is 22.9 Å². The van der Waals surface area contributed by atoms with Gasteiger partial charge in [0.25, 0.3) is 0 Å². The highest BCUT2D eigenvalue weighted by atomic mass is 16.5. The van der Waals surface area contributed by atoms with Crippen molar-refractivity contribution in [1.29, 1.82) is 0 Å². The van der Waals surface area contributed by atoms with E-state index < -0.39 is 0 Å². The lowest BCUT2D eigenvalue weighted by atomic mass is 10.1. The summed E-state index contributed by atoms with van der Waals surface area (Å²) in [6.07, 6.45) is 3.40. The van der Waals surface area contributed by atoms with Gasteiger partial charge in [0.1, 0.15) is 24.6 Å². The lowest BCUT2D eigenvalue weighted by Gasteiger charge is -2.40. The van der Waals surface area contributed by atoms with Crippen molar-refractivity contribution in [2.45, 2.75) is 19.1 Å². The molecule has 2 N–H and O–H groups in total. The zero-order valence-electron chi connectivity index (χ0n) is 14.8. The second kappa shape index (κ2) is 6.80. The number of carbonyl (C=O) groups is 1. The summed E-state index contributed by atoms with van der Waals surface area (Å²) in [5.41, 5.74) is 1.89. The molecule has 26 heavy (non-hydrogen) atoms. The van der Waals surface area contributed by atoms with Gasteiger partial charge >= 0.3 is 0 Å². The number of hydrogen-bond acceptors (Lipinski definition) is 5. The molecule has 1 aliphatic heterocycles. The molecule has 0 bridgehead atoms. The van der Waals surface area contributed by atoms with E-state index >= 15 is 0 Å². The van der Waals surface area contributed by atoms with Gasteiger partial charge in [0, 0.05) is 32.5 Å². The van der Waals surface area contributed by atoms with Crippen LogP contribution in [0, 0.1) is 0 Å². The Morgan fingerprint density at radius 2 is 2.23 bits per heavy atom. The molecular weight excluding hydrogens is 332 g/mol. The number of para-hydroxylation sites is 2. The number of fused-ring (bicyclic) bond motifs is 1.